The van der Waals surface area contributed by atoms with Gasteiger partial charge in [0.2, 0.25) is 5.91 Å². The second-order valence-electron chi connectivity index (χ2n) is 8.99. The molecule has 0 aliphatic carbocycles. The Hall–Kier alpha value is -2.31. The number of hydrogen-bond donors (Lipinski definition) is 2. The van der Waals surface area contributed by atoms with Gasteiger partial charge in [0.25, 0.3) is 12.3 Å². The highest BCUT2D eigenvalue weighted by Gasteiger charge is 2.38. The summed E-state index contributed by atoms with van der Waals surface area (Å²) in [6, 6.07) is 2.26. The molecular formula is C21H29F5N4O3. The minimum Gasteiger partial charge on any atom is -0.370 e. The van der Waals surface area contributed by atoms with Crippen LogP contribution in [-0.4, -0.2) is 68.3 Å². The largest absolute Gasteiger partial charge is 0.401 e. The van der Waals surface area contributed by atoms with E-state index in [9.17, 15) is 31.5 Å². The van der Waals surface area contributed by atoms with Gasteiger partial charge in [0.1, 0.15) is 12.6 Å². The minimum atomic E-state index is -4.58. The molecule has 186 valence electrons. The second kappa shape index (κ2) is 10.7. The Morgan fingerprint density at radius 1 is 1.24 bits per heavy atom. The van der Waals surface area contributed by atoms with Gasteiger partial charge in [0, 0.05) is 36.6 Å². The number of carbonyl (C=O) groups excluding carboxylic acids is 2. The van der Waals surface area contributed by atoms with E-state index in [0.29, 0.717) is 0 Å². The van der Waals surface area contributed by atoms with Gasteiger partial charge in [0.15, 0.2) is 0 Å². The highest BCUT2D eigenvalue weighted by molar-refractivity contribution is 5.97. The molecule has 1 aliphatic rings. The van der Waals surface area contributed by atoms with Crippen LogP contribution >= 0.6 is 0 Å². The third-order valence-corrected chi connectivity index (χ3v) is 4.85. The van der Waals surface area contributed by atoms with Crippen molar-refractivity contribution in [2.75, 3.05) is 49.6 Å². The zero-order chi connectivity index (χ0) is 25.0. The predicted octanol–water partition coefficient (Wildman–Crippen LogP) is 3.16. The van der Waals surface area contributed by atoms with Crippen LogP contribution in [0.3, 0.4) is 0 Å². The molecule has 0 aromatic heterocycles. The SMILES string of the molecule is CC(C)(C)CN(CC(F)(F)F)[C@H](CN)C(=O)Nc1ccc(N2CCOCC2=O)cc1C(F)F. The molecule has 1 saturated heterocycles. The molecule has 0 bridgehead atoms. The fourth-order valence-electron chi connectivity index (χ4n) is 3.56. The molecule has 0 spiro atoms. The van der Waals surface area contributed by atoms with Crippen molar-refractivity contribution in [2.24, 2.45) is 11.1 Å². The Kier molecular flexibility index (Phi) is 8.77. The molecular weight excluding hydrogens is 451 g/mol. The average molecular weight is 480 g/mol. The summed E-state index contributed by atoms with van der Waals surface area (Å²) in [5.74, 6) is -1.32. The molecule has 12 heteroatoms. The van der Waals surface area contributed by atoms with Gasteiger partial charge in [-0.25, -0.2) is 8.78 Å². The first-order valence-corrected chi connectivity index (χ1v) is 10.3. The van der Waals surface area contributed by atoms with E-state index in [0.717, 1.165) is 11.0 Å². The first-order valence-electron chi connectivity index (χ1n) is 10.3. The van der Waals surface area contributed by atoms with Crippen LogP contribution in [0.1, 0.15) is 32.8 Å². The summed E-state index contributed by atoms with van der Waals surface area (Å²) < 4.78 is 71.9. The highest BCUT2D eigenvalue weighted by Crippen LogP contribution is 2.32. The molecule has 2 amide bonds. The number of nitrogens with two attached hydrogens (primary N) is 1. The normalized spacial score (nSPS) is 16.5. The molecule has 33 heavy (non-hydrogen) atoms. The Labute approximate surface area is 189 Å². The number of nitrogens with one attached hydrogen (secondary N) is 1. The van der Waals surface area contributed by atoms with Gasteiger partial charge in [-0.1, -0.05) is 20.8 Å². The number of carbonyl (C=O) groups is 2. The van der Waals surface area contributed by atoms with Crippen LogP contribution in [0.4, 0.5) is 33.3 Å². The number of ether oxygens (including phenoxy) is 1. The van der Waals surface area contributed by atoms with Crippen LogP contribution in [-0.2, 0) is 14.3 Å². The number of anilines is 2. The number of hydrogen-bond acceptors (Lipinski definition) is 5. The number of rotatable bonds is 8. The van der Waals surface area contributed by atoms with E-state index in [1.165, 1.54) is 17.0 Å². The van der Waals surface area contributed by atoms with Gasteiger partial charge < -0.3 is 20.7 Å². The number of halogens is 5. The van der Waals surface area contributed by atoms with E-state index in [1.807, 2.05) is 0 Å². The Balaban J connectivity index is 2.30. The van der Waals surface area contributed by atoms with Crippen molar-refractivity contribution in [1.29, 1.82) is 0 Å². The summed E-state index contributed by atoms with van der Waals surface area (Å²) in [7, 11) is 0. The van der Waals surface area contributed by atoms with Crippen molar-refractivity contribution in [1.82, 2.24) is 4.90 Å². The number of benzene rings is 1. The quantitative estimate of drug-likeness (QED) is 0.559. The number of amides is 2. The van der Waals surface area contributed by atoms with E-state index < -0.39 is 54.5 Å². The monoisotopic (exact) mass is 480 g/mol. The summed E-state index contributed by atoms with van der Waals surface area (Å²) in [5, 5.41) is 2.30. The van der Waals surface area contributed by atoms with Crippen LogP contribution in [0.5, 0.6) is 0 Å². The Morgan fingerprint density at radius 2 is 1.91 bits per heavy atom. The van der Waals surface area contributed by atoms with Crippen LogP contribution in [0.25, 0.3) is 0 Å². The third kappa shape index (κ3) is 7.90. The summed E-state index contributed by atoms with van der Waals surface area (Å²) >= 11 is 0. The molecule has 0 radical (unpaired) electrons. The Bertz CT molecular complexity index is 826. The second-order valence-corrected chi connectivity index (χ2v) is 8.99. The van der Waals surface area contributed by atoms with Crippen molar-refractivity contribution >= 4 is 23.2 Å². The van der Waals surface area contributed by atoms with E-state index in [4.69, 9.17) is 10.5 Å². The van der Waals surface area contributed by atoms with E-state index >= 15 is 0 Å². The van der Waals surface area contributed by atoms with Crippen molar-refractivity contribution in [3.8, 4) is 0 Å². The minimum absolute atomic E-state index is 0.0957. The standard InChI is InChI=1S/C21H29F5N4O3/c1-20(2,3)11-29(12-21(24,25)26)16(9-27)19(32)28-15-5-4-13(8-14(15)18(22)23)30-6-7-33-10-17(30)31/h4-5,8,16,18H,6-7,9-12,27H2,1-3H3,(H,28,32)/t16-/m1/s1. The van der Waals surface area contributed by atoms with E-state index in [2.05, 4.69) is 5.32 Å². The fraction of sp³-hybridized carbons (Fsp3) is 0.619. The van der Waals surface area contributed by atoms with Crippen LogP contribution in [0.2, 0.25) is 0 Å². The third-order valence-electron chi connectivity index (χ3n) is 4.85. The zero-order valence-electron chi connectivity index (χ0n) is 18.7. The van der Waals surface area contributed by atoms with Gasteiger partial charge in [0.05, 0.1) is 13.2 Å². The Morgan fingerprint density at radius 3 is 2.42 bits per heavy atom. The summed E-state index contributed by atoms with van der Waals surface area (Å²) in [6.45, 7) is 3.47. The maximum Gasteiger partial charge on any atom is 0.401 e. The molecule has 7 nitrogen and oxygen atoms in total. The maximum atomic E-state index is 13.7. The fourth-order valence-corrected chi connectivity index (χ4v) is 3.56. The molecule has 3 N–H and O–H groups in total. The maximum absolute atomic E-state index is 13.7. The molecule has 1 aromatic carbocycles. The average Bonchev–Trinajstić information content (AvgIpc) is 2.66. The van der Waals surface area contributed by atoms with Crippen molar-refractivity contribution in [2.45, 2.75) is 39.4 Å². The topological polar surface area (TPSA) is 87.9 Å². The number of alkyl halides is 5. The highest BCUT2D eigenvalue weighted by atomic mass is 19.4. The first-order chi connectivity index (χ1) is 15.2. The van der Waals surface area contributed by atoms with E-state index in [-0.39, 0.29) is 37.7 Å². The van der Waals surface area contributed by atoms with Gasteiger partial charge >= 0.3 is 6.18 Å². The molecule has 1 aromatic rings. The van der Waals surface area contributed by atoms with Crippen molar-refractivity contribution in [3.63, 3.8) is 0 Å². The van der Waals surface area contributed by atoms with Gasteiger partial charge in [-0.2, -0.15) is 13.2 Å². The van der Waals surface area contributed by atoms with Gasteiger partial charge in [-0.05, 0) is 23.6 Å². The van der Waals surface area contributed by atoms with Gasteiger partial charge in [-0.3, -0.25) is 14.5 Å². The molecule has 1 heterocycles. The number of nitrogens with zero attached hydrogens (tertiary/aromatic N) is 2. The lowest BCUT2D eigenvalue weighted by atomic mass is 9.95. The predicted molar refractivity (Wildman–Crippen MR) is 113 cm³/mol. The summed E-state index contributed by atoms with van der Waals surface area (Å²) in [5.41, 5.74) is 4.43. The molecule has 0 saturated carbocycles. The molecule has 1 atom stereocenters. The smallest absolute Gasteiger partial charge is 0.370 e. The lowest BCUT2D eigenvalue weighted by Crippen LogP contribution is -2.54. The summed E-state index contributed by atoms with van der Waals surface area (Å²) in [6.07, 6.45) is -7.59. The van der Waals surface area contributed by atoms with Gasteiger partial charge in [-0.15, -0.1) is 0 Å². The number of morpholine rings is 1. The van der Waals surface area contributed by atoms with E-state index in [1.54, 1.807) is 20.8 Å². The summed E-state index contributed by atoms with van der Waals surface area (Å²) in [4.78, 5) is 27.0. The lowest BCUT2D eigenvalue weighted by molar-refractivity contribution is -0.156. The molecule has 2 rings (SSSR count). The van der Waals surface area contributed by atoms with Crippen LogP contribution in [0.15, 0.2) is 18.2 Å². The lowest BCUT2D eigenvalue weighted by Gasteiger charge is -2.35. The molecule has 1 fully saturated rings. The van der Waals surface area contributed by atoms with Crippen molar-refractivity contribution in [3.05, 3.63) is 23.8 Å². The van der Waals surface area contributed by atoms with Crippen LogP contribution < -0.4 is 16.0 Å². The first kappa shape index (κ1) is 26.9. The molecule has 1 aliphatic heterocycles. The molecule has 0 unspecified atom stereocenters. The zero-order valence-corrected chi connectivity index (χ0v) is 18.7. The van der Waals surface area contributed by atoms with Crippen LogP contribution in [0, 0.1) is 5.41 Å². The van der Waals surface area contributed by atoms with Crippen molar-refractivity contribution < 1.29 is 36.3 Å².